The fourth-order valence-corrected chi connectivity index (χ4v) is 2.68. The van der Waals surface area contributed by atoms with Crippen molar-refractivity contribution in [3.63, 3.8) is 0 Å². The quantitative estimate of drug-likeness (QED) is 0.621. The Labute approximate surface area is 171 Å². The maximum atomic E-state index is 12.2. The van der Waals surface area contributed by atoms with E-state index < -0.39 is 19.2 Å². The van der Waals surface area contributed by atoms with Crippen molar-refractivity contribution in [1.29, 1.82) is 0 Å². The Morgan fingerprint density at radius 1 is 1.30 bits per heavy atom. The van der Waals surface area contributed by atoms with Crippen molar-refractivity contribution in [1.82, 2.24) is 19.7 Å². The summed E-state index contributed by atoms with van der Waals surface area (Å²) in [4.78, 5) is 20.3. The molecule has 0 bridgehead atoms. The second kappa shape index (κ2) is 8.68. The summed E-state index contributed by atoms with van der Waals surface area (Å²) < 4.78 is 43.5. The summed E-state index contributed by atoms with van der Waals surface area (Å²) in [6, 6.07) is 3.35. The molecule has 0 aromatic carbocycles. The lowest BCUT2D eigenvalue weighted by atomic mass is 10.1. The van der Waals surface area contributed by atoms with Crippen LogP contribution >= 0.6 is 0 Å². The first kappa shape index (κ1) is 21.5. The lowest BCUT2D eigenvalue weighted by molar-refractivity contribution is -0.139. The fourth-order valence-electron chi connectivity index (χ4n) is 2.68. The summed E-state index contributed by atoms with van der Waals surface area (Å²) in [5, 5.41) is 8.01. The summed E-state index contributed by atoms with van der Waals surface area (Å²) in [6.07, 6.45) is -0.371. The van der Waals surface area contributed by atoms with E-state index in [1.807, 2.05) is 6.92 Å². The Bertz CT molecular complexity index is 1050. The van der Waals surface area contributed by atoms with Gasteiger partial charge in [-0.3, -0.25) is 9.48 Å². The van der Waals surface area contributed by atoms with Crippen molar-refractivity contribution < 1.29 is 22.7 Å². The van der Waals surface area contributed by atoms with Gasteiger partial charge < -0.3 is 10.1 Å². The molecule has 0 spiro atoms. The summed E-state index contributed by atoms with van der Waals surface area (Å²) in [6.45, 7) is 5.34. The third-order valence-corrected chi connectivity index (χ3v) is 4.41. The number of pyridine rings is 2. The summed E-state index contributed by atoms with van der Waals surface area (Å²) in [5.41, 5.74) is 2.34. The van der Waals surface area contributed by atoms with Crippen molar-refractivity contribution in [3.05, 3.63) is 41.9 Å². The Balaban J connectivity index is 1.74. The van der Waals surface area contributed by atoms with Crippen LogP contribution in [-0.2, 0) is 11.3 Å². The van der Waals surface area contributed by atoms with E-state index in [4.69, 9.17) is 4.74 Å². The van der Waals surface area contributed by atoms with E-state index >= 15 is 0 Å². The molecule has 0 saturated carbocycles. The number of carbonyl (C=O) groups excluding carboxylic acids is 1. The zero-order valence-corrected chi connectivity index (χ0v) is 16.8. The van der Waals surface area contributed by atoms with E-state index in [1.165, 1.54) is 0 Å². The number of alkyl halides is 3. The highest BCUT2D eigenvalue weighted by atomic mass is 19.4. The number of nitrogens with zero attached hydrogens (tertiary/aromatic N) is 4. The molecule has 1 N–H and O–H groups in total. The highest BCUT2D eigenvalue weighted by molar-refractivity contribution is 5.99. The van der Waals surface area contributed by atoms with Gasteiger partial charge in [-0.1, -0.05) is 13.8 Å². The predicted octanol–water partition coefficient (Wildman–Crippen LogP) is 4.11. The number of rotatable bonds is 7. The second-order valence-electron chi connectivity index (χ2n) is 7.23. The minimum Gasteiger partial charge on any atom is -0.477 e. The van der Waals surface area contributed by atoms with Crippen molar-refractivity contribution in [2.24, 2.45) is 5.92 Å². The van der Waals surface area contributed by atoms with Gasteiger partial charge in [0.2, 0.25) is 11.8 Å². The third-order valence-electron chi connectivity index (χ3n) is 4.41. The number of fused-ring (bicyclic) bond motifs is 1. The fraction of sp³-hybridized carbons (Fsp3) is 0.400. The van der Waals surface area contributed by atoms with E-state index in [2.05, 4.69) is 20.4 Å². The molecule has 3 heterocycles. The van der Waals surface area contributed by atoms with Crippen LogP contribution in [-0.4, -0.2) is 38.4 Å². The number of nitrogens with one attached hydrogen (secondary N) is 1. The zero-order chi connectivity index (χ0) is 21.9. The number of hydrogen-bond donors (Lipinski definition) is 1. The molecule has 1 amide bonds. The van der Waals surface area contributed by atoms with Crippen LogP contribution < -0.4 is 10.1 Å². The number of anilines is 1. The van der Waals surface area contributed by atoms with Gasteiger partial charge in [-0.25, -0.2) is 9.97 Å². The van der Waals surface area contributed by atoms with Crippen LogP contribution in [0.1, 0.15) is 31.4 Å². The average molecular weight is 421 g/mol. The van der Waals surface area contributed by atoms with Gasteiger partial charge in [0.25, 0.3) is 0 Å². The Morgan fingerprint density at radius 3 is 2.73 bits per heavy atom. The first-order valence-electron chi connectivity index (χ1n) is 9.40. The van der Waals surface area contributed by atoms with Gasteiger partial charge in [-0.05, 0) is 24.1 Å². The van der Waals surface area contributed by atoms with Crippen LogP contribution in [0.3, 0.4) is 0 Å². The Kier molecular flexibility index (Phi) is 6.23. The number of carbonyl (C=O) groups is 1. The van der Waals surface area contributed by atoms with E-state index in [0.717, 1.165) is 11.1 Å². The number of aryl methyl sites for hydroxylation is 1. The topological polar surface area (TPSA) is 81.9 Å². The zero-order valence-electron chi connectivity index (χ0n) is 16.8. The van der Waals surface area contributed by atoms with Gasteiger partial charge in [-0.15, -0.1) is 0 Å². The number of aromatic nitrogens is 4. The molecular formula is C20H22F3N5O2. The number of hydrogen-bond acceptors (Lipinski definition) is 5. The van der Waals surface area contributed by atoms with Crippen LogP contribution in [0, 0.1) is 12.8 Å². The van der Waals surface area contributed by atoms with Gasteiger partial charge in [0.15, 0.2) is 0 Å². The molecule has 0 fully saturated rings. The number of ether oxygens (including phenoxy) is 1. The monoisotopic (exact) mass is 421 g/mol. The predicted molar refractivity (Wildman–Crippen MR) is 105 cm³/mol. The van der Waals surface area contributed by atoms with Crippen molar-refractivity contribution >= 4 is 22.6 Å². The Hall–Kier alpha value is -3.17. The normalized spacial score (nSPS) is 11.8. The van der Waals surface area contributed by atoms with Gasteiger partial charge in [0, 0.05) is 30.6 Å². The molecule has 10 heteroatoms. The van der Waals surface area contributed by atoms with E-state index in [-0.39, 0.29) is 17.7 Å². The molecule has 0 aliphatic rings. The van der Waals surface area contributed by atoms with Crippen LogP contribution in [0.15, 0.2) is 30.7 Å². The van der Waals surface area contributed by atoms with Crippen LogP contribution in [0.5, 0.6) is 5.88 Å². The first-order chi connectivity index (χ1) is 14.1. The second-order valence-corrected chi connectivity index (χ2v) is 7.23. The summed E-state index contributed by atoms with van der Waals surface area (Å²) in [7, 11) is 0. The number of amides is 1. The maximum Gasteiger partial charge on any atom is 0.392 e. The third kappa shape index (κ3) is 5.46. The average Bonchev–Trinajstić information content (AvgIpc) is 3.06. The van der Waals surface area contributed by atoms with E-state index in [1.54, 1.807) is 49.3 Å². The van der Waals surface area contributed by atoms with Gasteiger partial charge in [0.1, 0.15) is 5.82 Å². The molecule has 3 aromatic heterocycles. The highest BCUT2D eigenvalue weighted by Crippen LogP contribution is 2.23. The van der Waals surface area contributed by atoms with Crippen molar-refractivity contribution in [3.8, 4) is 5.88 Å². The highest BCUT2D eigenvalue weighted by Gasteiger charge is 2.27. The molecular weight excluding hydrogens is 399 g/mol. The molecule has 3 rings (SSSR count). The van der Waals surface area contributed by atoms with Gasteiger partial charge in [-0.2, -0.15) is 18.3 Å². The molecule has 0 aliphatic carbocycles. The standard InChI is InChI=1S/C20H22F3N5O2/c1-12(2)19(29)26-18-15-11-28(27-16(15)4-6-24-18)10-14-9-25-17(8-13(14)3)30-7-5-20(21,22)23/h4,6,8-9,11-12H,5,7,10H2,1-3H3,(H,24,26,29). The molecule has 0 saturated heterocycles. The smallest absolute Gasteiger partial charge is 0.392 e. The summed E-state index contributed by atoms with van der Waals surface area (Å²) >= 11 is 0. The van der Waals surface area contributed by atoms with Gasteiger partial charge >= 0.3 is 6.18 Å². The van der Waals surface area contributed by atoms with Crippen LogP contribution in [0.25, 0.3) is 10.9 Å². The lowest BCUT2D eigenvalue weighted by Gasteiger charge is -2.10. The van der Waals surface area contributed by atoms with Crippen molar-refractivity contribution in [2.75, 3.05) is 11.9 Å². The molecule has 0 atom stereocenters. The van der Waals surface area contributed by atoms with E-state index in [9.17, 15) is 18.0 Å². The molecule has 0 aliphatic heterocycles. The van der Waals surface area contributed by atoms with Crippen molar-refractivity contribution in [2.45, 2.75) is 39.9 Å². The maximum absolute atomic E-state index is 12.2. The van der Waals surface area contributed by atoms with E-state index in [0.29, 0.717) is 23.3 Å². The molecule has 7 nitrogen and oxygen atoms in total. The molecule has 160 valence electrons. The molecule has 0 unspecified atom stereocenters. The molecule has 30 heavy (non-hydrogen) atoms. The van der Waals surface area contributed by atoms with Gasteiger partial charge in [0.05, 0.1) is 30.5 Å². The molecule has 3 aromatic rings. The van der Waals surface area contributed by atoms with Crippen LogP contribution in [0.2, 0.25) is 0 Å². The summed E-state index contributed by atoms with van der Waals surface area (Å²) in [5.74, 6) is 0.279. The minimum absolute atomic E-state index is 0.135. The SMILES string of the molecule is Cc1cc(OCCC(F)(F)F)ncc1Cn1cc2c(NC(=O)C(C)C)nccc2n1. The first-order valence-corrected chi connectivity index (χ1v) is 9.40. The number of halogens is 3. The van der Waals surface area contributed by atoms with Crippen LogP contribution in [0.4, 0.5) is 19.0 Å². The largest absolute Gasteiger partial charge is 0.477 e. The lowest BCUT2D eigenvalue weighted by Crippen LogP contribution is -2.18. The minimum atomic E-state index is -4.26. The molecule has 0 radical (unpaired) electrons. The Morgan fingerprint density at radius 2 is 2.07 bits per heavy atom.